The second-order valence-corrected chi connectivity index (χ2v) is 4.86. The number of nitrogens with one attached hydrogen (secondary N) is 1. The van der Waals surface area contributed by atoms with Crippen LogP contribution in [0.1, 0.15) is 20.8 Å². The lowest BCUT2D eigenvalue weighted by Crippen LogP contribution is -2.40. The van der Waals surface area contributed by atoms with Gasteiger partial charge in [0, 0.05) is 18.7 Å². The highest BCUT2D eigenvalue weighted by Crippen LogP contribution is 2.27. The third kappa shape index (κ3) is 4.34. The summed E-state index contributed by atoms with van der Waals surface area (Å²) in [7, 11) is 0. The lowest BCUT2D eigenvalue weighted by molar-refractivity contribution is -0.384. The first kappa shape index (κ1) is 16.2. The summed E-state index contributed by atoms with van der Waals surface area (Å²) in [5.41, 5.74) is -0.173. The number of pyridine rings is 1. The molecule has 0 unspecified atom stereocenters. The molecule has 0 fully saturated rings. The predicted molar refractivity (Wildman–Crippen MR) is 77.1 cm³/mol. The van der Waals surface area contributed by atoms with E-state index >= 15 is 0 Å². The largest absolute Gasteiger partial charge is 0.352 e. The van der Waals surface area contributed by atoms with Gasteiger partial charge in [0.1, 0.15) is 5.15 Å². The number of amides is 1. The monoisotopic (exact) mass is 300 g/mol. The first-order valence-corrected chi connectivity index (χ1v) is 6.58. The minimum atomic E-state index is -0.540. The van der Waals surface area contributed by atoms with E-state index in [0.29, 0.717) is 6.54 Å². The standard InChI is InChI=1S/C12H17ClN4O3/c1-4-16(7-11(18)14-8(2)3)12-9(17(19)20)5-6-10(13)15-12/h5-6,8H,4,7H2,1-3H3,(H,14,18). The minimum absolute atomic E-state index is 0.00325. The molecule has 1 heterocycles. The minimum Gasteiger partial charge on any atom is -0.352 e. The number of carbonyl (C=O) groups excluding carboxylic acids is 1. The number of aromatic nitrogens is 1. The van der Waals surface area contributed by atoms with Gasteiger partial charge in [-0.05, 0) is 26.8 Å². The van der Waals surface area contributed by atoms with Crippen molar-refractivity contribution in [2.75, 3.05) is 18.0 Å². The third-order valence-electron chi connectivity index (χ3n) is 2.48. The molecule has 0 spiro atoms. The van der Waals surface area contributed by atoms with E-state index in [2.05, 4.69) is 10.3 Å². The van der Waals surface area contributed by atoms with Gasteiger partial charge in [-0.3, -0.25) is 14.9 Å². The van der Waals surface area contributed by atoms with Gasteiger partial charge in [-0.15, -0.1) is 0 Å². The molecule has 1 rings (SSSR count). The van der Waals surface area contributed by atoms with Crippen LogP contribution in [-0.2, 0) is 4.79 Å². The number of hydrogen-bond donors (Lipinski definition) is 1. The molecule has 0 radical (unpaired) electrons. The van der Waals surface area contributed by atoms with E-state index in [1.807, 2.05) is 13.8 Å². The van der Waals surface area contributed by atoms with E-state index in [9.17, 15) is 14.9 Å². The highest BCUT2D eigenvalue weighted by atomic mass is 35.5. The summed E-state index contributed by atoms with van der Waals surface area (Å²) in [6, 6.07) is 2.64. The number of rotatable bonds is 6. The van der Waals surface area contributed by atoms with E-state index in [0.717, 1.165) is 0 Å². The first-order valence-electron chi connectivity index (χ1n) is 6.20. The van der Waals surface area contributed by atoms with E-state index in [1.165, 1.54) is 17.0 Å². The Morgan fingerprint density at radius 3 is 2.70 bits per heavy atom. The Hall–Kier alpha value is -1.89. The molecule has 0 aliphatic heterocycles. The van der Waals surface area contributed by atoms with Gasteiger partial charge in [0.05, 0.1) is 11.5 Å². The van der Waals surface area contributed by atoms with Gasteiger partial charge in [0.25, 0.3) is 0 Å². The molecule has 0 aliphatic carbocycles. The molecule has 0 atom stereocenters. The maximum atomic E-state index is 11.8. The van der Waals surface area contributed by atoms with Crippen molar-refractivity contribution in [1.29, 1.82) is 0 Å². The summed E-state index contributed by atoms with van der Waals surface area (Å²) in [6.45, 7) is 5.86. The van der Waals surface area contributed by atoms with Gasteiger partial charge in [0.15, 0.2) is 0 Å². The molecular formula is C12H17ClN4O3. The number of hydrogen-bond acceptors (Lipinski definition) is 5. The molecule has 1 aromatic rings. The van der Waals surface area contributed by atoms with E-state index in [-0.39, 0.29) is 35.2 Å². The van der Waals surface area contributed by atoms with E-state index in [4.69, 9.17) is 11.6 Å². The molecule has 1 N–H and O–H groups in total. The zero-order valence-electron chi connectivity index (χ0n) is 11.6. The fourth-order valence-electron chi connectivity index (χ4n) is 1.67. The van der Waals surface area contributed by atoms with Crippen molar-refractivity contribution in [3.05, 3.63) is 27.4 Å². The highest BCUT2D eigenvalue weighted by Gasteiger charge is 2.22. The second kappa shape index (κ2) is 7.04. The summed E-state index contributed by atoms with van der Waals surface area (Å²) >= 11 is 5.78. The van der Waals surface area contributed by atoms with Gasteiger partial charge < -0.3 is 10.2 Å². The first-order chi connectivity index (χ1) is 9.35. The lowest BCUT2D eigenvalue weighted by Gasteiger charge is -2.21. The number of carbonyl (C=O) groups is 1. The fraction of sp³-hybridized carbons (Fsp3) is 0.500. The molecule has 1 amide bonds. The van der Waals surface area contributed by atoms with Crippen LogP contribution in [0.3, 0.4) is 0 Å². The van der Waals surface area contributed by atoms with Crippen LogP contribution >= 0.6 is 11.6 Å². The molecule has 20 heavy (non-hydrogen) atoms. The van der Waals surface area contributed by atoms with Crippen molar-refractivity contribution in [2.24, 2.45) is 0 Å². The topological polar surface area (TPSA) is 88.4 Å². The van der Waals surface area contributed by atoms with Gasteiger partial charge in [0.2, 0.25) is 11.7 Å². The van der Waals surface area contributed by atoms with Gasteiger partial charge in [-0.1, -0.05) is 11.6 Å². The van der Waals surface area contributed by atoms with Crippen LogP contribution in [-0.4, -0.2) is 34.9 Å². The maximum absolute atomic E-state index is 11.8. The van der Waals surface area contributed by atoms with Crippen LogP contribution in [0.15, 0.2) is 12.1 Å². The molecule has 8 heteroatoms. The van der Waals surface area contributed by atoms with Crippen molar-refractivity contribution >= 4 is 29.0 Å². The zero-order valence-corrected chi connectivity index (χ0v) is 12.3. The van der Waals surface area contributed by atoms with Crippen molar-refractivity contribution in [3.8, 4) is 0 Å². The zero-order chi connectivity index (χ0) is 15.3. The molecule has 110 valence electrons. The van der Waals surface area contributed by atoms with Gasteiger partial charge >= 0.3 is 5.69 Å². The number of likely N-dealkylation sites (N-methyl/N-ethyl adjacent to an activating group) is 1. The van der Waals surface area contributed by atoms with Crippen LogP contribution in [0, 0.1) is 10.1 Å². The highest BCUT2D eigenvalue weighted by molar-refractivity contribution is 6.29. The summed E-state index contributed by atoms with van der Waals surface area (Å²) in [4.78, 5) is 27.7. The van der Waals surface area contributed by atoms with Crippen molar-refractivity contribution in [1.82, 2.24) is 10.3 Å². The third-order valence-corrected chi connectivity index (χ3v) is 2.69. The van der Waals surface area contributed by atoms with Crippen molar-refractivity contribution in [3.63, 3.8) is 0 Å². The molecule has 0 saturated carbocycles. The van der Waals surface area contributed by atoms with E-state index in [1.54, 1.807) is 6.92 Å². The predicted octanol–water partition coefficient (Wildman–Crippen LogP) is 1.99. The lowest BCUT2D eigenvalue weighted by atomic mass is 10.3. The average Bonchev–Trinajstić information content (AvgIpc) is 2.34. The summed E-state index contributed by atoms with van der Waals surface area (Å²) in [6.07, 6.45) is 0. The van der Waals surface area contributed by atoms with Crippen LogP contribution in [0.4, 0.5) is 11.5 Å². The number of halogens is 1. The molecule has 0 aliphatic rings. The van der Waals surface area contributed by atoms with Crippen LogP contribution < -0.4 is 10.2 Å². The number of nitrogens with zero attached hydrogens (tertiary/aromatic N) is 3. The molecule has 7 nitrogen and oxygen atoms in total. The SMILES string of the molecule is CCN(CC(=O)NC(C)C)c1nc(Cl)ccc1[N+](=O)[O-]. The Morgan fingerprint density at radius 1 is 1.55 bits per heavy atom. The maximum Gasteiger partial charge on any atom is 0.311 e. The normalized spacial score (nSPS) is 10.4. The molecule has 0 bridgehead atoms. The van der Waals surface area contributed by atoms with Gasteiger partial charge in [-0.2, -0.15) is 0 Å². The molecule has 1 aromatic heterocycles. The van der Waals surface area contributed by atoms with Crippen LogP contribution in [0.5, 0.6) is 0 Å². The quantitative estimate of drug-likeness (QED) is 0.493. The summed E-state index contributed by atoms with van der Waals surface area (Å²) in [5, 5.41) is 13.9. The Kier molecular flexibility index (Phi) is 5.69. The summed E-state index contributed by atoms with van der Waals surface area (Å²) in [5.74, 6) is -0.123. The molecular weight excluding hydrogens is 284 g/mol. The Balaban J connectivity index is 3.02. The van der Waals surface area contributed by atoms with Crippen molar-refractivity contribution < 1.29 is 9.72 Å². The molecule has 0 saturated heterocycles. The van der Waals surface area contributed by atoms with Crippen LogP contribution in [0.2, 0.25) is 5.15 Å². The Morgan fingerprint density at radius 2 is 2.20 bits per heavy atom. The van der Waals surface area contributed by atoms with Crippen LogP contribution in [0.25, 0.3) is 0 Å². The number of nitro groups is 1. The summed E-state index contributed by atoms with van der Waals surface area (Å²) < 4.78 is 0. The van der Waals surface area contributed by atoms with E-state index < -0.39 is 4.92 Å². The second-order valence-electron chi connectivity index (χ2n) is 4.47. The Labute approximate surface area is 122 Å². The van der Waals surface area contributed by atoms with Crippen molar-refractivity contribution in [2.45, 2.75) is 26.8 Å². The Bertz CT molecular complexity index is 507. The van der Waals surface area contributed by atoms with Gasteiger partial charge in [-0.25, -0.2) is 4.98 Å². The number of anilines is 1. The average molecular weight is 301 g/mol. The molecule has 0 aromatic carbocycles. The fourth-order valence-corrected chi connectivity index (χ4v) is 1.81. The smallest absolute Gasteiger partial charge is 0.311 e.